The molecule has 0 amide bonds. The van der Waals surface area contributed by atoms with Crippen LogP contribution in [0.25, 0.3) is 0 Å². The molecule has 2 heterocycles. The maximum Gasteiger partial charge on any atom is 0.416 e. The Bertz CT molecular complexity index is 1530. The van der Waals surface area contributed by atoms with Crippen LogP contribution in [-0.4, -0.2) is 90.8 Å². The van der Waals surface area contributed by atoms with Crippen LogP contribution in [0.15, 0.2) is 66.7 Å². The number of nitrogens with one attached hydrogen (secondary N) is 1. The van der Waals surface area contributed by atoms with E-state index >= 15 is 0 Å². The molecule has 0 spiro atoms. The number of phenols is 1. The highest BCUT2D eigenvalue weighted by Crippen LogP contribution is 2.36. The Morgan fingerprint density at radius 1 is 0.736 bits per heavy atom. The third-order valence-electron chi connectivity index (χ3n) is 10.9. The van der Waals surface area contributed by atoms with E-state index in [1.807, 2.05) is 12.1 Å². The molecule has 3 atom stereocenters. The summed E-state index contributed by atoms with van der Waals surface area (Å²) in [7, 11) is 0. The van der Waals surface area contributed by atoms with Gasteiger partial charge in [-0.05, 0) is 103 Å². The van der Waals surface area contributed by atoms with Crippen LogP contribution in [0, 0.1) is 5.92 Å². The van der Waals surface area contributed by atoms with Gasteiger partial charge in [-0.2, -0.15) is 26.3 Å². The molecule has 292 valence electrons. The summed E-state index contributed by atoms with van der Waals surface area (Å²) < 4.78 is 81.0. The zero-order chi connectivity index (χ0) is 38.2. The number of hydrogen-bond acceptors (Lipinski definition) is 5. The van der Waals surface area contributed by atoms with E-state index in [0.717, 1.165) is 89.2 Å². The Kier molecular flexibility index (Phi) is 14.3. The van der Waals surface area contributed by atoms with Crippen molar-refractivity contribution in [2.24, 2.45) is 5.92 Å². The van der Waals surface area contributed by atoms with Gasteiger partial charge in [0.05, 0.1) is 11.1 Å². The molecule has 2 aliphatic rings. The number of unbranched alkanes of at least 4 members (excludes halogenated alkanes) is 1. The van der Waals surface area contributed by atoms with Crippen molar-refractivity contribution in [3.8, 4) is 5.75 Å². The van der Waals surface area contributed by atoms with Crippen molar-refractivity contribution in [1.29, 1.82) is 0 Å². The summed E-state index contributed by atoms with van der Waals surface area (Å²) in [5.41, 5.74) is 1.27. The van der Waals surface area contributed by atoms with Gasteiger partial charge in [-0.25, -0.2) is 0 Å². The molecule has 5 nitrogen and oxygen atoms in total. The number of rotatable bonds is 15. The fourth-order valence-electron chi connectivity index (χ4n) is 7.94. The van der Waals surface area contributed by atoms with Crippen LogP contribution in [0.4, 0.5) is 26.3 Å². The summed E-state index contributed by atoms with van der Waals surface area (Å²) in [4.78, 5) is 7.29. The number of aromatic hydroxyl groups is 1. The first-order valence-corrected chi connectivity index (χ1v) is 19.2. The summed E-state index contributed by atoms with van der Waals surface area (Å²) in [6, 6.07) is 18.5. The van der Waals surface area contributed by atoms with Crippen LogP contribution in [0.3, 0.4) is 0 Å². The van der Waals surface area contributed by atoms with Crippen LogP contribution in [-0.2, 0) is 31.6 Å². The van der Waals surface area contributed by atoms with E-state index in [1.54, 1.807) is 12.1 Å². The molecule has 0 aliphatic carbocycles. The normalized spacial score (nSPS) is 20.3. The maximum absolute atomic E-state index is 13.5. The average Bonchev–Trinajstić information content (AvgIpc) is 3.10. The van der Waals surface area contributed by atoms with Crippen molar-refractivity contribution in [1.82, 2.24) is 20.0 Å². The first-order valence-electron chi connectivity index (χ1n) is 19.2. The molecule has 2 fully saturated rings. The van der Waals surface area contributed by atoms with Gasteiger partial charge in [-0.15, -0.1) is 0 Å². The Balaban J connectivity index is 1.15. The van der Waals surface area contributed by atoms with Gasteiger partial charge >= 0.3 is 12.4 Å². The average molecular weight is 747 g/mol. The molecule has 53 heavy (non-hydrogen) atoms. The minimum absolute atomic E-state index is 0.0261. The summed E-state index contributed by atoms with van der Waals surface area (Å²) in [6.45, 7) is 14.4. The minimum Gasteiger partial charge on any atom is -0.508 e. The van der Waals surface area contributed by atoms with Crippen LogP contribution in [0.5, 0.6) is 5.75 Å². The Hall–Kier alpha value is -3.12. The van der Waals surface area contributed by atoms with Crippen LogP contribution < -0.4 is 5.32 Å². The molecule has 0 bridgehead atoms. The molecule has 5 rings (SSSR count). The predicted molar refractivity (Wildman–Crippen MR) is 199 cm³/mol. The molecular formula is C42H56F6N4O. The maximum atomic E-state index is 13.5. The lowest BCUT2D eigenvalue weighted by atomic mass is 9.95. The number of phenolic OH excluding ortho intramolecular Hbond substituents is 1. The molecule has 2 N–H and O–H groups in total. The van der Waals surface area contributed by atoms with E-state index in [1.165, 1.54) is 11.1 Å². The molecule has 1 unspecified atom stereocenters. The quantitative estimate of drug-likeness (QED) is 0.121. The zero-order valence-electron chi connectivity index (χ0n) is 31.3. The smallest absolute Gasteiger partial charge is 0.416 e. The van der Waals surface area contributed by atoms with E-state index < -0.39 is 23.5 Å². The van der Waals surface area contributed by atoms with Crippen molar-refractivity contribution in [2.45, 2.75) is 89.7 Å². The largest absolute Gasteiger partial charge is 0.508 e. The predicted octanol–water partition coefficient (Wildman–Crippen LogP) is 8.65. The third kappa shape index (κ3) is 12.5. The van der Waals surface area contributed by atoms with Crippen molar-refractivity contribution in [2.75, 3.05) is 58.9 Å². The van der Waals surface area contributed by atoms with E-state index in [4.69, 9.17) is 0 Å². The molecular weight excluding hydrogens is 690 g/mol. The van der Waals surface area contributed by atoms with Crippen molar-refractivity contribution in [3.05, 3.63) is 100 Å². The van der Waals surface area contributed by atoms with E-state index in [9.17, 15) is 31.4 Å². The zero-order valence-corrected chi connectivity index (χ0v) is 31.3. The number of alkyl halides is 6. The first kappa shape index (κ1) is 41.1. The second-order valence-electron chi connectivity index (χ2n) is 15.6. The highest BCUT2D eigenvalue weighted by Gasteiger charge is 2.37. The van der Waals surface area contributed by atoms with E-state index in [2.05, 4.69) is 65.1 Å². The number of hydrogen-bond donors (Lipinski definition) is 2. The lowest BCUT2D eigenvalue weighted by Crippen LogP contribution is -2.54. The number of halogens is 6. The molecule has 2 aliphatic heterocycles. The van der Waals surface area contributed by atoms with Gasteiger partial charge < -0.3 is 15.3 Å². The van der Waals surface area contributed by atoms with Gasteiger partial charge in [-0.1, -0.05) is 63.6 Å². The van der Waals surface area contributed by atoms with Gasteiger partial charge in [-0.3, -0.25) is 9.80 Å². The lowest BCUT2D eigenvalue weighted by Gasteiger charge is -2.42. The third-order valence-corrected chi connectivity index (χ3v) is 10.9. The molecule has 0 aromatic heterocycles. The summed E-state index contributed by atoms with van der Waals surface area (Å²) in [5, 5.41) is 13.4. The molecule has 11 heteroatoms. The van der Waals surface area contributed by atoms with Crippen molar-refractivity contribution >= 4 is 0 Å². The van der Waals surface area contributed by atoms with Crippen LogP contribution in [0.2, 0.25) is 0 Å². The van der Waals surface area contributed by atoms with E-state index in [0.29, 0.717) is 37.4 Å². The summed E-state index contributed by atoms with van der Waals surface area (Å²) in [5.74, 6) is 1.26. The highest BCUT2D eigenvalue weighted by molar-refractivity contribution is 5.34. The van der Waals surface area contributed by atoms with Crippen molar-refractivity contribution in [3.63, 3.8) is 0 Å². The number of nitrogens with zero attached hydrogens (tertiary/aromatic N) is 3. The van der Waals surface area contributed by atoms with Crippen LogP contribution >= 0.6 is 0 Å². The van der Waals surface area contributed by atoms with Gasteiger partial charge in [0.25, 0.3) is 0 Å². The topological polar surface area (TPSA) is 42.0 Å². The van der Waals surface area contributed by atoms with Gasteiger partial charge in [0.2, 0.25) is 0 Å². The lowest BCUT2D eigenvalue weighted by molar-refractivity contribution is -0.143. The molecule has 0 radical (unpaired) electrons. The number of piperazine rings is 2. The van der Waals surface area contributed by atoms with E-state index in [-0.39, 0.29) is 29.8 Å². The second kappa shape index (κ2) is 18.5. The fourth-order valence-corrected chi connectivity index (χ4v) is 7.94. The molecule has 3 aromatic rings. The highest BCUT2D eigenvalue weighted by atomic mass is 19.4. The standard InChI is InChI=1S/C42H56F6N4O/c1-30(2)22-32-7-11-35(12-8-32)31(3)28-52-19-16-49-27-38(52)6-4-5-17-50-20-21-51(39(29-50)25-33-9-13-40(53)14-10-33)18-15-34-23-36(41(43,44)45)26-37(24-34)42(46,47)48/h7-14,23-24,26,30-31,38-39,49,53H,4-6,15-22,25,27-29H2,1-3H3/t31?,38-,39-/m0/s1. The SMILES string of the molecule is CC(C)Cc1ccc(C(C)CN2CCNC[C@@H]2CCCCN2CCN(CCc3cc(C(F)(F)F)cc(C(F)(F)F)c3)[C@@H](Cc3ccc(O)cc3)C2)cc1. The second-order valence-corrected chi connectivity index (χ2v) is 15.6. The minimum atomic E-state index is -4.87. The Morgan fingerprint density at radius 3 is 2.04 bits per heavy atom. The van der Waals surface area contributed by atoms with Crippen LogP contribution in [0.1, 0.15) is 79.3 Å². The molecule has 0 saturated carbocycles. The Morgan fingerprint density at radius 2 is 1.40 bits per heavy atom. The monoisotopic (exact) mass is 746 g/mol. The Labute approximate surface area is 311 Å². The summed E-state index contributed by atoms with van der Waals surface area (Å²) >= 11 is 0. The molecule has 2 saturated heterocycles. The van der Waals surface area contributed by atoms with Gasteiger partial charge in [0.15, 0.2) is 0 Å². The fraction of sp³-hybridized carbons (Fsp3) is 0.571. The van der Waals surface area contributed by atoms with Gasteiger partial charge in [0, 0.05) is 64.4 Å². The van der Waals surface area contributed by atoms with Gasteiger partial charge in [0.1, 0.15) is 5.75 Å². The summed E-state index contributed by atoms with van der Waals surface area (Å²) in [6.07, 6.45) is -4.64. The van der Waals surface area contributed by atoms with Crippen molar-refractivity contribution < 1.29 is 31.4 Å². The molecule has 3 aromatic carbocycles. The number of benzene rings is 3. The first-order chi connectivity index (χ1) is 25.1.